The van der Waals surface area contributed by atoms with Gasteiger partial charge in [-0.2, -0.15) is 0 Å². The van der Waals surface area contributed by atoms with E-state index in [2.05, 4.69) is 40.7 Å². The molecule has 1 aromatic carbocycles. The Balaban J connectivity index is 1.93. The Kier molecular flexibility index (Phi) is 3.41. The molecule has 0 atom stereocenters. The summed E-state index contributed by atoms with van der Waals surface area (Å²) in [5, 5.41) is 0. The summed E-state index contributed by atoms with van der Waals surface area (Å²) in [7, 11) is 0. The number of aromatic nitrogens is 3. The quantitative estimate of drug-likeness (QED) is 0.671. The summed E-state index contributed by atoms with van der Waals surface area (Å²) >= 11 is 0. The van der Waals surface area contributed by atoms with Crippen LogP contribution >= 0.6 is 0 Å². The summed E-state index contributed by atoms with van der Waals surface area (Å²) in [6.07, 6.45) is 8.35. The second-order valence-corrected chi connectivity index (χ2v) is 6.30. The molecule has 1 aliphatic carbocycles. The number of pyridine rings is 1. The molecule has 3 nitrogen and oxygen atoms in total. The third kappa shape index (κ3) is 2.31. The first-order valence-electron chi connectivity index (χ1n) is 8.23. The highest BCUT2D eigenvalue weighted by atomic mass is 15.1. The molecular formula is C19H21N3. The molecular weight excluding hydrogens is 270 g/mol. The number of imidazole rings is 1. The molecule has 1 fully saturated rings. The number of rotatable bonds is 2. The lowest BCUT2D eigenvalue weighted by atomic mass is 9.95. The van der Waals surface area contributed by atoms with Gasteiger partial charge in [0.05, 0.1) is 11.0 Å². The molecule has 1 saturated carbocycles. The molecule has 0 radical (unpaired) electrons. The number of nitrogens with zero attached hydrogens (tertiary/aromatic N) is 3. The summed E-state index contributed by atoms with van der Waals surface area (Å²) < 4.78 is 2.44. The van der Waals surface area contributed by atoms with Gasteiger partial charge in [-0.05, 0) is 49.6 Å². The van der Waals surface area contributed by atoms with Crippen molar-refractivity contribution in [2.75, 3.05) is 0 Å². The number of hydrogen-bond acceptors (Lipinski definition) is 2. The number of hydrogen-bond donors (Lipinski definition) is 0. The second kappa shape index (κ2) is 5.56. The Morgan fingerprint density at radius 1 is 1.05 bits per heavy atom. The Bertz CT molecular complexity index is 783. The molecule has 3 heteroatoms. The molecule has 0 unspecified atom stereocenters. The van der Waals surface area contributed by atoms with E-state index >= 15 is 0 Å². The molecule has 2 aromatic heterocycles. The van der Waals surface area contributed by atoms with Crippen LogP contribution in [0.25, 0.3) is 22.6 Å². The van der Waals surface area contributed by atoms with Crippen molar-refractivity contribution in [3.63, 3.8) is 0 Å². The predicted octanol–water partition coefficient (Wildman–Crippen LogP) is 4.91. The molecule has 2 heterocycles. The summed E-state index contributed by atoms with van der Waals surface area (Å²) in [6.45, 7) is 2.12. The third-order valence-corrected chi connectivity index (χ3v) is 4.68. The van der Waals surface area contributed by atoms with Gasteiger partial charge in [-0.25, -0.2) is 4.98 Å². The van der Waals surface area contributed by atoms with E-state index in [9.17, 15) is 0 Å². The average molecular weight is 291 g/mol. The lowest BCUT2D eigenvalue weighted by molar-refractivity contribution is 0.362. The molecule has 112 valence electrons. The second-order valence-electron chi connectivity index (χ2n) is 6.30. The molecule has 3 aromatic rings. The van der Waals surface area contributed by atoms with E-state index < -0.39 is 0 Å². The Hall–Kier alpha value is -2.16. The van der Waals surface area contributed by atoms with Crippen LogP contribution in [0, 0.1) is 6.92 Å². The van der Waals surface area contributed by atoms with Crippen molar-refractivity contribution in [3.8, 4) is 11.5 Å². The van der Waals surface area contributed by atoms with Crippen LogP contribution in [0.4, 0.5) is 0 Å². The van der Waals surface area contributed by atoms with Crippen LogP contribution in [0.2, 0.25) is 0 Å². The highest BCUT2D eigenvalue weighted by molar-refractivity contribution is 5.81. The minimum Gasteiger partial charge on any atom is -0.320 e. The van der Waals surface area contributed by atoms with Gasteiger partial charge in [-0.3, -0.25) is 4.98 Å². The van der Waals surface area contributed by atoms with E-state index in [0.717, 1.165) is 17.0 Å². The maximum Gasteiger partial charge on any atom is 0.160 e. The molecule has 0 saturated heterocycles. The maximum atomic E-state index is 4.92. The van der Waals surface area contributed by atoms with Crippen LogP contribution in [0.5, 0.6) is 0 Å². The van der Waals surface area contributed by atoms with E-state index in [4.69, 9.17) is 4.98 Å². The molecule has 0 amide bonds. The van der Waals surface area contributed by atoms with E-state index in [1.165, 1.54) is 43.2 Å². The summed E-state index contributed by atoms with van der Waals surface area (Å²) in [6, 6.07) is 13.2. The first kappa shape index (κ1) is 13.5. The third-order valence-electron chi connectivity index (χ3n) is 4.68. The van der Waals surface area contributed by atoms with Crippen LogP contribution in [-0.2, 0) is 0 Å². The smallest absolute Gasteiger partial charge is 0.160 e. The van der Waals surface area contributed by atoms with Crippen LogP contribution in [0.1, 0.15) is 43.7 Å². The van der Waals surface area contributed by atoms with Crippen molar-refractivity contribution in [1.82, 2.24) is 14.5 Å². The van der Waals surface area contributed by atoms with Crippen LogP contribution in [-0.4, -0.2) is 14.5 Å². The Morgan fingerprint density at radius 2 is 1.91 bits per heavy atom. The van der Waals surface area contributed by atoms with Gasteiger partial charge in [0.1, 0.15) is 5.69 Å². The Morgan fingerprint density at radius 3 is 2.68 bits per heavy atom. The first-order chi connectivity index (χ1) is 10.8. The van der Waals surface area contributed by atoms with Gasteiger partial charge in [0, 0.05) is 12.2 Å². The zero-order chi connectivity index (χ0) is 14.9. The normalized spacial score (nSPS) is 16.2. The largest absolute Gasteiger partial charge is 0.320 e. The maximum absolute atomic E-state index is 4.92. The molecule has 0 aliphatic heterocycles. The van der Waals surface area contributed by atoms with Gasteiger partial charge in [0.25, 0.3) is 0 Å². The summed E-state index contributed by atoms with van der Waals surface area (Å²) in [5.74, 6) is 1.02. The predicted molar refractivity (Wildman–Crippen MR) is 89.8 cm³/mol. The zero-order valence-corrected chi connectivity index (χ0v) is 13.0. The fourth-order valence-electron chi connectivity index (χ4n) is 3.59. The van der Waals surface area contributed by atoms with E-state index in [-0.39, 0.29) is 0 Å². The monoisotopic (exact) mass is 291 g/mol. The van der Waals surface area contributed by atoms with Crippen molar-refractivity contribution in [2.24, 2.45) is 0 Å². The van der Waals surface area contributed by atoms with Gasteiger partial charge >= 0.3 is 0 Å². The number of aryl methyl sites for hydroxylation is 1. The van der Waals surface area contributed by atoms with Crippen LogP contribution < -0.4 is 0 Å². The molecule has 0 N–H and O–H groups in total. The summed E-state index contributed by atoms with van der Waals surface area (Å²) in [5.41, 5.74) is 4.57. The fourth-order valence-corrected chi connectivity index (χ4v) is 3.59. The average Bonchev–Trinajstić information content (AvgIpc) is 2.95. The van der Waals surface area contributed by atoms with Gasteiger partial charge in [-0.15, -0.1) is 0 Å². The van der Waals surface area contributed by atoms with Gasteiger partial charge in [0.15, 0.2) is 5.82 Å². The van der Waals surface area contributed by atoms with Gasteiger partial charge in [0.2, 0.25) is 0 Å². The lowest BCUT2D eigenvalue weighted by Gasteiger charge is -2.25. The molecule has 22 heavy (non-hydrogen) atoms. The van der Waals surface area contributed by atoms with Crippen molar-refractivity contribution in [2.45, 2.75) is 45.1 Å². The van der Waals surface area contributed by atoms with Crippen molar-refractivity contribution in [3.05, 3.63) is 48.2 Å². The standard InChI is InChI=1S/C19H21N3/c1-14-10-11-18-17(13-14)21-19(16-9-5-6-12-20-16)22(18)15-7-3-2-4-8-15/h5-6,9-13,15H,2-4,7-8H2,1H3. The minimum absolute atomic E-state index is 0.554. The van der Waals surface area contributed by atoms with Crippen molar-refractivity contribution < 1.29 is 0 Å². The fraction of sp³-hybridized carbons (Fsp3) is 0.368. The topological polar surface area (TPSA) is 30.7 Å². The van der Waals surface area contributed by atoms with Crippen LogP contribution in [0.3, 0.4) is 0 Å². The molecule has 1 aliphatic rings. The zero-order valence-electron chi connectivity index (χ0n) is 13.0. The SMILES string of the molecule is Cc1ccc2c(c1)nc(-c1ccccn1)n2C1CCCCC1. The summed E-state index contributed by atoms with van der Waals surface area (Å²) in [4.78, 5) is 9.46. The van der Waals surface area contributed by atoms with Crippen molar-refractivity contribution in [1.29, 1.82) is 0 Å². The highest BCUT2D eigenvalue weighted by Crippen LogP contribution is 2.35. The van der Waals surface area contributed by atoms with Crippen molar-refractivity contribution >= 4 is 11.0 Å². The first-order valence-corrected chi connectivity index (χ1v) is 8.23. The van der Waals surface area contributed by atoms with Gasteiger partial charge in [-0.1, -0.05) is 31.4 Å². The molecule has 0 spiro atoms. The van der Waals surface area contributed by atoms with E-state index in [0.29, 0.717) is 6.04 Å². The number of benzene rings is 1. The minimum atomic E-state index is 0.554. The highest BCUT2D eigenvalue weighted by Gasteiger charge is 2.22. The lowest BCUT2D eigenvalue weighted by Crippen LogP contribution is -2.14. The Labute approximate surface area is 131 Å². The number of fused-ring (bicyclic) bond motifs is 1. The van der Waals surface area contributed by atoms with E-state index in [1.54, 1.807) is 0 Å². The van der Waals surface area contributed by atoms with Crippen LogP contribution in [0.15, 0.2) is 42.6 Å². The van der Waals surface area contributed by atoms with E-state index in [1.807, 2.05) is 18.3 Å². The molecule has 0 bridgehead atoms. The van der Waals surface area contributed by atoms with Gasteiger partial charge < -0.3 is 4.57 Å². The molecule has 4 rings (SSSR count).